The molecular formula is C12H25N3O. The van der Waals surface area contributed by atoms with Crippen LogP contribution in [-0.2, 0) is 0 Å². The minimum absolute atomic E-state index is 0.0624. The molecule has 0 bridgehead atoms. The third kappa shape index (κ3) is 2.56. The first-order valence-electron chi connectivity index (χ1n) is 6.52. The van der Waals surface area contributed by atoms with Gasteiger partial charge in [0.05, 0.1) is 6.61 Å². The lowest BCUT2D eigenvalue weighted by Gasteiger charge is -2.44. The Kier molecular flexibility index (Phi) is 4.19. The van der Waals surface area contributed by atoms with Crippen molar-refractivity contribution in [2.24, 2.45) is 0 Å². The number of aliphatic hydroxyl groups is 1. The van der Waals surface area contributed by atoms with E-state index in [0.717, 1.165) is 45.6 Å². The van der Waals surface area contributed by atoms with Crippen LogP contribution in [0.5, 0.6) is 0 Å². The predicted octanol–water partition coefficient (Wildman–Crippen LogP) is -0.262. The third-order valence-corrected chi connectivity index (χ3v) is 4.22. The summed E-state index contributed by atoms with van der Waals surface area (Å²) in [5.74, 6) is 0. The number of hydrogen-bond donors (Lipinski definition) is 2. The third-order valence-electron chi connectivity index (χ3n) is 4.22. The Balaban J connectivity index is 2.04. The van der Waals surface area contributed by atoms with Gasteiger partial charge in [0, 0.05) is 31.7 Å². The summed E-state index contributed by atoms with van der Waals surface area (Å²) >= 11 is 0. The number of hydrogen-bond acceptors (Lipinski definition) is 4. The van der Waals surface area contributed by atoms with Crippen molar-refractivity contribution in [1.82, 2.24) is 15.1 Å². The largest absolute Gasteiger partial charge is 0.394 e. The van der Waals surface area contributed by atoms with Crippen LogP contribution in [-0.4, -0.2) is 73.4 Å². The Labute approximate surface area is 98.6 Å². The molecule has 1 unspecified atom stereocenters. The van der Waals surface area contributed by atoms with Crippen LogP contribution in [0.25, 0.3) is 0 Å². The molecular weight excluding hydrogens is 202 g/mol. The van der Waals surface area contributed by atoms with Crippen molar-refractivity contribution >= 4 is 0 Å². The van der Waals surface area contributed by atoms with Crippen molar-refractivity contribution in [3.63, 3.8) is 0 Å². The maximum Gasteiger partial charge on any atom is 0.0615 e. The first kappa shape index (κ1) is 12.3. The van der Waals surface area contributed by atoms with Gasteiger partial charge in [0.2, 0.25) is 0 Å². The molecule has 1 atom stereocenters. The fourth-order valence-corrected chi connectivity index (χ4v) is 3.03. The summed E-state index contributed by atoms with van der Waals surface area (Å²) in [6.07, 6.45) is 3.47. The molecule has 0 spiro atoms. The molecule has 2 heterocycles. The molecule has 4 nitrogen and oxygen atoms in total. The van der Waals surface area contributed by atoms with Crippen molar-refractivity contribution in [3.05, 3.63) is 0 Å². The summed E-state index contributed by atoms with van der Waals surface area (Å²) in [5, 5.41) is 13.2. The lowest BCUT2D eigenvalue weighted by Crippen LogP contribution is -2.58. The van der Waals surface area contributed by atoms with Crippen LogP contribution in [0.3, 0.4) is 0 Å². The average Bonchev–Trinajstić information content (AvgIpc) is 2.53. The molecule has 0 aromatic rings. The van der Waals surface area contributed by atoms with Gasteiger partial charge in [-0.15, -0.1) is 0 Å². The summed E-state index contributed by atoms with van der Waals surface area (Å²) < 4.78 is 0. The zero-order valence-corrected chi connectivity index (χ0v) is 10.4. The highest BCUT2D eigenvalue weighted by atomic mass is 16.3. The Morgan fingerprint density at radius 2 is 1.88 bits per heavy atom. The van der Waals surface area contributed by atoms with Gasteiger partial charge in [0.1, 0.15) is 0 Å². The van der Waals surface area contributed by atoms with Crippen LogP contribution >= 0.6 is 0 Å². The molecule has 2 N–H and O–H groups in total. The van der Waals surface area contributed by atoms with E-state index in [4.69, 9.17) is 0 Å². The van der Waals surface area contributed by atoms with Crippen molar-refractivity contribution in [2.75, 3.05) is 52.9 Å². The highest BCUT2D eigenvalue weighted by Crippen LogP contribution is 2.28. The second-order valence-electron chi connectivity index (χ2n) is 5.28. The van der Waals surface area contributed by atoms with E-state index in [1.54, 1.807) is 0 Å². The molecule has 0 radical (unpaired) electrons. The smallest absolute Gasteiger partial charge is 0.0615 e. The zero-order valence-electron chi connectivity index (χ0n) is 10.4. The highest BCUT2D eigenvalue weighted by Gasteiger charge is 2.37. The topological polar surface area (TPSA) is 38.7 Å². The normalized spacial score (nSPS) is 34.9. The minimum Gasteiger partial charge on any atom is -0.394 e. The summed E-state index contributed by atoms with van der Waals surface area (Å²) in [6, 6.07) is 0. The first-order chi connectivity index (χ1) is 7.77. The van der Waals surface area contributed by atoms with Crippen molar-refractivity contribution in [2.45, 2.75) is 24.8 Å². The molecule has 94 valence electrons. The van der Waals surface area contributed by atoms with E-state index in [1.807, 2.05) is 0 Å². The lowest BCUT2D eigenvalue weighted by atomic mass is 9.88. The van der Waals surface area contributed by atoms with Crippen molar-refractivity contribution in [3.8, 4) is 0 Å². The first-order valence-corrected chi connectivity index (χ1v) is 6.52. The molecule has 2 fully saturated rings. The number of likely N-dealkylation sites (tertiary alicyclic amines) is 1. The maximum atomic E-state index is 9.82. The summed E-state index contributed by atoms with van der Waals surface area (Å²) in [6.45, 7) is 6.92. The number of aliphatic hydroxyl groups excluding tert-OH is 1. The number of piperazine rings is 1. The van der Waals surface area contributed by atoms with Crippen LogP contribution in [0.15, 0.2) is 0 Å². The van der Waals surface area contributed by atoms with E-state index < -0.39 is 0 Å². The lowest BCUT2D eigenvalue weighted by molar-refractivity contribution is 0.00975. The van der Waals surface area contributed by atoms with Gasteiger partial charge >= 0.3 is 0 Å². The fraction of sp³-hybridized carbons (Fsp3) is 1.00. The van der Waals surface area contributed by atoms with E-state index in [-0.39, 0.29) is 5.54 Å². The van der Waals surface area contributed by atoms with Gasteiger partial charge < -0.3 is 15.3 Å². The maximum absolute atomic E-state index is 9.82. The van der Waals surface area contributed by atoms with E-state index in [0.29, 0.717) is 6.61 Å². The van der Waals surface area contributed by atoms with E-state index in [2.05, 4.69) is 22.2 Å². The second-order valence-corrected chi connectivity index (χ2v) is 5.28. The zero-order chi connectivity index (χ0) is 11.4. The molecule has 0 saturated carbocycles. The van der Waals surface area contributed by atoms with Gasteiger partial charge in [-0.05, 0) is 39.4 Å². The fourth-order valence-electron chi connectivity index (χ4n) is 3.03. The van der Waals surface area contributed by atoms with Gasteiger partial charge in [-0.1, -0.05) is 0 Å². The molecule has 0 aliphatic carbocycles. The molecule has 4 heteroatoms. The number of nitrogens with one attached hydrogen (secondary N) is 1. The average molecular weight is 227 g/mol. The summed E-state index contributed by atoms with van der Waals surface area (Å²) in [5.41, 5.74) is 0.0624. The van der Waals surface area contributed by atoms with Crippen molar-refractivity contribution in [1.29, 1.82) is 0 Å². The van der Waals surface area contributed by atoms with Gasteiger partial charge in [-0.25, -0.2) is 0 Å². The van der Waals surface area contributed by atoms with Crippen molar-refractivity contribution < 1.29 is 5.11 Å². The van der Waals surface area contributed by atoms with E-state index in [9.17, 15) is 5.11 Å². The van der Waals surface area contributed by atoms with E-state index >= 15 is 0 Å². The minimum atomic E-state index is 0.0624. The number of rotatable bonds is 2. The molecule has 16 heavy (non-hydrogen) atoms. The van der Waals surface area contributed by atoms with Gasteiger partial charge in [-0.3, -0.25) is 4.90 Å². The Morgan fingerprint density at radius 1 is 1.12 bits per heavy atom. The summed E-state index contributed by atoms with van der Waals surface area (Å²) in [4.78, 5) is 4.91. The predicted molar refractivity (Wildman–Crippen MR) is 65.6 cm³/mol. The SMILES string of the molecule is CN1CCCC(CO)(N2CCNCC2)CC1. The monoisotopic (exact) mass is 227 g/mol. The molecule has 2 aliphatic rings. The van der Waals surface area contributed by atoms with Crippen LogP contribution in [0, 0.1) is 0 Å². The molecule has 0 aromatic carbocycles. The van der Waals surface area contributed by atoms with Crippen LogP contribution in [0.1, 0.15) is 19.3 Å². The number of nitrogens with zero attached hydrogens (tertiary/aromatic N) is 2. The standard InChI is InChI=1S/C12H25N3O/c1-14-7-2-3-12(11-16,4-8-14)15-9-5-13-6-10-15/h13,16H,2-11H2,1H3. The van der Waals surface area contributed by atoms with Crippen LogP contribution in [0.4, 0.5) is 0 Å². The Morgan fingerprint density at radius 3 is 2.56 bits per heavy atom. The molecule has 0 amide bonds. The highest BCUT2D eigenvalue weighted by molar-refractivity contribution is 4.94. The van der Waals surface area contributed by atoms with Gasteiger partial charge in [-0.2, -0.15) is 0 Å². The quantitative estimate of drug-likeness (QED) is 0.682. The Hall–Kier alpha value is -0.160. The second kappa shape index (κ2) is 5.45. The molecule has 2 rings (SSSR count). The van der Waals surface area contributed by atoms with Gasteiger partial charge in [0.15, 0.2) is 0 Å². The molecule has 0 aromatic heterocycles. The Bertz CT molecular complexity index is 218. The van der Waals surface area contributed by atoms with E-state index in [1.165, 1.54) is 13.0 Å². The molecule has 2 saturated heterocycles. The van der Waals surface area contributed by atoms with Crippen LogP contribution in [0.2, 0.25) is 0 Å². The van der Waals surface area contributed by atoms with Gasteiger partial charge in [0.25, 0.3) is 0 Å². The summed E-state index contributed by atoms with van der Waals surface area (Å²) in [7, 11) is 2.19. The van der Waals surface area contributed by atoms with Crippen LogP contribution < -0.4 is 5.32 Å². The molecule has 2 aliphatic heterocycles.